The third kappa shape index (κ3) is 4.74. The lowest BCUT2D eigenvalue weighted by molar-refractivity contribution is -0.144. The van der Waals surface area contributed by atoms with Crippen LogP contribution in [0.4, 0.5) is 13.2 Å². The van der Waals surface area contributed by atoms with E-state index in [-0.39, 0.29) is 17.6 Å². The van der Waals surface area contributed by atoms with E-state index in [2.05, 4.69) is 20.4 Å². The number of amides is 1. The van der Waals surface area contributed by atoms with E-state index in [9.17, 15) is 18.0 Å². The molecule has 0 aromatic carbocycles. The molecule has 0 bridgehead atoms. The van der Waals surface area contributed by atoms with Gasteiger partial charge in [-0.25, -0.2) is 9.50 Å². The van der Waals surface area contributed by atoms with Crippen molar-refractivity contribution in [3.8, 4) is 0 Å². The Morgan fingerprint density at radius 2 is 2.07 bits per heavy atom. The zero-order valence-corrected chi connectivity index (χ0v) is 15.0. The number of carbonyl (C=O) groups is 1. The summed E-state index contributed by atoms with van der Waals surface area (Å²) in [4.78, 5) is 19.0. The van der Waals surface area contributed by atoms with Crippen molar-refractivity contribution in [2.24, 2.45) is 5.92 Å². The largest absolute Gasteiger partial charge is 0.453 e. The summed E-state index contributed by atoms with van der Waals surface area (Å²) in [5.41, 5.74) is 0.700. The first kappa shape index (κ1) is 19.5. The van der Waals surface area contributed by atoms with Gasteiger partial charge in [0, 0.05) is 32.2 Å². The maximum absolute atomic E-state index is 12.9. The Labute approximate surface area is 154 Å². The number of fused-ring (bicyclic) bond motifs is 1. The lowest BCUT2D eigenvalue weighted by atomic mass is 9.80. The fraction of sp³-hybridized carbons (Fsp3) is 0.647. The summed E-state index contributed by atoms with van der Waals surface area (Å²) >= 11 is 0. The topological polar surface area (TPSA) is 81.4 Å². The predicted molar refractivity (Wildman–Crippen MR) is 90.0 cm³/mol. The van der Waals surface area contributed by atoms with Gasteiger partial charge >= 0.3 is 6.18 Å². The number of aromatic nitrogens is 4. The summed E-state index contributed by atoms with van der Waals surface area (Å²) in [6.45, 7) is 1.01. The molecule has 0 aliphatic heterocycles. The van der Waals surface area contributed by atoms with Crippen LogP contribution in [0.1, 0.15) is 49.5 Å². The molecular weight excluding hydrogens is 363 g/mol. The average Bonchev–Trinajstić information content (AvgIpc) is 3.10. The molecule has 2 heterocycles. The highest BCUT2D eigenvalue weighted by atomic mass is 19.4. The van der Waals surface area contributed by atoms with E-state index in [0.29, 0.717) is 31.2 Å². The first-order valence-corrected chi connectivity index (χ1v) is 8.93. The van der Waals surface area contributed by atoms with Gasteiger partial charge in [0.25, 0.3) is 11.6 Å². The van der Waals surface area contributed by atoms with Crippen LogP contribution in [0, 0.1) is 5.92 Å². The van der Waals surface area contributed by atoms with Crippen molar-refractivity contribution in [2.45, 2.75) is 44.2 Å². The molecule has 0 spiro atoms. The van der Waals surface area contributed by atoms with Gasteiger partial charge in [0.05, 0.1) is 12.3 Å². The maximum atomic E-state index is 12.9. The second-order valence-corrected chi connectivity index (χ2v) is 6.78. The molecular formula is C17H22F3N5O2. The summed E-state index contributed by atoms with van der Waals surface area (Å²) in [6.07, 6.45) is 0.636. The van der Waals surface area contributed by atoms with Crippen LogP contribution in [0.5, 0.6) is 0 Å². The van der Waals surface area contributed by atoms with E-state index >= 15 is 0 Å². The van der Waals surface area contributed by atoms with E-state index < -0.39 is 12.0 Å². The number of nitrogens with one attached hydrogen (secondary N) is 1. The molecule has 3 rings (SSSR count). The molecule has 0 radical (unpaired) electrons. The van der Waals surface area contributed by atoms with Crippen LogP contribution < -0.4 is 5.32 Å². The standard InChI is InChI=1S/C17H22F3N5O2/c1-27-9-7-14(26)22-10-11-2-4-12(5-3-11)13-6-8-21-16-23-15(17(18,19)20)24-25(13)16/h6,8,11-12H,2-5,7,9-10H2,1H3,(H,22,26). The Balaban J connectivity index is 1.61. The first-order valence-electron chi connectivity index (χ1n) is 8.93. The van der Waals surface area contributed by atoms with Gasteiger partial charge in [0.15, 0.2) is 0 Å². The van der Waals surface area contributed by atoms with Crippen molar-refractivity contribution in [2.75, 3.05) is 20.3 Å². The summed E-state index contributed by atoms with van der Waals surface area (Å²) in [6, 6.07) is 1.71. The molecule has 1 aliphatic rings. The number of ether oxygens (including phenoxy) is 1. The van der Waals surface area contributed by atoms with Gasteiger partial charge in [-0.3, -0.25) is 4.79 Å². The fourth-order valence-corrected chi connectivity index (χ4v) is 3.44. The van der Waals surface area contributed by atoms with Crippen molar-refractivity contribution in [3.05, 3.63) is 23.8 Å². The minimum atomic E-state index is -4.59. The normalized spacial score (nSPS) is 20.7. The van der Waals surface area contributed by atoms with Crippen LogP contribution in [-0.4, -0.2) is 45.8 Å². The quantitative estimate of drug-likeness (QED) is 0.827. The van der Waals surface area contributed by atoms with Crippen molar-refractivity contribution < 1.29 is 22.7 Å². The Morgan fingerprint density at radius 3 is 2.74 bits per heavy atom. The monoisotopic (exact) mass is 385 g/mol. The minimum absolute atomic E-state index is 0.0305. The number of carbonyl (C=O) groups excluding carboxylic acids is 1. The molecule has 148 valence electrons. The van der Waals surface area contributed by atoms with Crippen molar-refractivity contribution in [1.29, 1.82) is 0 Å². The molecule has 1 fully saturated rings. The van der Waals surface area contributed by atoms with Crippen LogP contribution >= 0.6 is 0 Å². The van der Waals surface area contributed by atoms with E-state index in [1.165, 1.54) is 10.7 Å². The second-order valence-electron chi connectivity index (χ2n) is 6.78. The van der Waals surface area contributed by atoms with Crippen molar-refractivity contribution >= 4 is 11.7 Å². The summed E-state index contributed by atoms with van der Waals surface area (Å²) in [5, 5.41) is 6.53. The predicted octanol–water partition coefficient (Wildman–Crippen LogP) is 2.57. The lowest BCUT2D eigenvalue weighted by Gasteiger charge is -2.28. The third-order valence-corrected chi connectivity index (χ3v) is 4.91. The average molecular weight is 385 g/mol. The molecule has 7 nitrogen and oxygen atoms in total. The molecule has 27 heavy (non-hydrogen) atoms. The Morgan fingerprint density at radius 1 is 1.33 bits per heavy atom. The summed E-state index contributed by atoms with van der Waals surface area (Å²) < 4.78 is 44.7. The van der Waals surface area contributed by atoms with Crippen molar-refractivity contribution in [1.82, 2.24) is 24.9 Å². The van der Waals surface area contributed by atoms with Gasteiger partial charge in [-0.2, -0.15) is 18.2 Å². The molecule has 0 unspecified atom stereocenters. The first-order chi connectivity index (χ1) is 12.9. The molecule has 0 saturated heterocycles. The highest BCUT2D eigenvalue weighted by molar-refractivity contribution is 5.75. The fourth-order valence-electron chi connectivity index (χ4n) is 3.44. The van der Waals surface area contributed by atoms with Gasteiger partial charge < -0.3 is 10.1 Å². The summed E-state index contributed by atoms with van der Waals surface area (Å²) in [5.74, 6) is -0.773. The molecule has 10 heteroatoms. The lowest BCUT2D eigenvalue weighted by Crippen LogP contribution is -2.31. The van der Waals surface area contributed by atoms with Gasteiger partial charge in [-0.1, -0.05) is 0 Å². The SMILES string of the molecule is COCCC(=O)NCC1CCC(c2ccnc3nc(C(F)(F)F)nn23)CC1. The van der Waals surface area contributed by atoms with Crippen LogP contribution in [0.15, 0.2) is 12.3 Å². The molecule has 2 aromatic rings. The van der Waals surface area contributed by atoms with Crippen LogP contribution in [0.2, 0.25) is 0 Å². The van der Waals surface area contributed by atoms with Gasteiger partial charge in [-0.05, 0) is 37.7 Å². The van der Waals surface area contributed by atoms with Crippen LogP contribution in [-0.2, 0) is 15.7 Å². The number of nitrogens with zero attached hydrogens (tertiary/aromatic N) is 4. The number of methoxy groups -OCH3 is 1. The molecule has 0 atom stereocenters. The number of rotatable bonds is 6. The van der Waals surface area contributed by atoms with E-state index in [1.54, 1.807) is 13.2 Å². The highest BCUT2D eigenvalue weighted by Crippen LogP contribution is 2.36. The number of hydrogen-bond acceptors (Lipinski definition) is 5. The minimum Gasteiger partial charge on any atom is -0.384 e. The molecule has 1 amide bonds. The number of hydrogen-bond donors (Lipinski definition) is 1. The second kappa shape index (κ2) is 8.20. The van der Waals surface area contributed by atoms with E-state index in [0.717, 1.165) is 25.7 Å². The van der Waals surface area contributed by atoms with Crippen LogP contribution in [0.25, 0.3) is 5.78 Å². The Kier molecular flexibility index (Phi) is 5.93. The van der Waals surface area contributed by atoms with Gasteiger partial charge in [0.1, 0.15) is 0 Å². The van der Waals surface area contributed by atoms with Crippen molar-refractivity contribution in [3.63, 3.8) is 0 Å². The zero-order chi connectivity index (χ0) is 19.4. The highest BCUT2D eigenvalue weighted by Gasteiger charge is 2.37. The van der Waals surface area contributed by atoms with Gasteiger partial charge in [0.2, 0.25) is 5.91 Å². The Hall–Kier alpha value is -2.23. The van der Waals surface area contributed by atoms with E-state index in [4.69, 9.17) is 4.74 Å². The Bertz CT molecular complexity index is 784. The molecule has 1 N–H and O–H groups in total. The maximum Gasteiger partial charge on any atom is 0.453 e. The molecule has 2 aromatic heterocycles. The smallest absolute Gasteiger partial charge is 0.384 e. The van der Waals surface area contributed by atoms with Crippen LogP contribution in [0.3, 0.4) is 0 Å². The number of alkyl halides is 3. The zero-order valence-electron chi connectivity index (χ0n) is 15.0. The molecule has 1 aliphatic carbocycles. The summed E-state index contributed by atoms with van der Waals surface area (Å²) in [7, 11) is 1.55. The third-order valence-electron chi connectivity index (χ3n) is 4.91. The number of halogens is 3. The van der Waals surface area contributed by atoms with E-state index in [1.807, 2.05) is 0 Å². The molecule has 1 saturated carbocycles. The van der Waals surface area contributed by atoms with Gasteiger partial charge in [-0.15, -0.1) is 5.10 Å².